The second-order valence-electron chi connectivity index (χ2n) is 5.40. The van der Waals surface area contributed by atoms with Crippen molar-refractivity contribution in [3.8, 4) is 10.7 Å². The van der Waals surface area contributed by atoms with Crippen LogP contribution in [0.4, 0.5) is 5.95 Å². The van der Waals surface area contributed by atoms with Gasteiger partial charge in [-0.2, -0.15) is 4.98 Å². The molecule has 3 aromatic rings. The number of hydrogen-bond acceptors (Lipinski definition) is 6. The van der Waals surface area contributed by atoms with E-state index in [1.165, 1.54) is 0 Å². The van der Waals surface area contributed by atoms with Crippen LogP contribution in [0.2, 0.25) is 0 Å². The zero-order valence-corrected chi connectivity index (χ0v) is 13.6. The van der Waals surface area contributed by atoms with Crippen molar-refractivity contribution < 1.29 is 4.79 Å². The fourth-order valence-electron chi connectivity index (χ4n) is 2.83. The first-order valence-corrected chi connectivity index (χ1v) is 8.21. The molecule has 0 spiro atoms. The van der Waals surface area contributed by atoms with Crippen LogP contribution in [0.1, 0.15) is 18.5 Å². The molecular formula is C16H14N6OS. The first-order valence-electron chi connectivity index (χ1n) is 7.33. The molecule has 0 saturated heterocycles. The number of nitrogens with two attached hydrogens (primary N) is 1. The number of fused-ring (bicyclic) bond motifs is 1. The zero-order chi connectivity index (χ0) is 16.7. The molecule has 0 saturated carbocycles. The van der Waals surface area contributed by atoms with Crippen LogP contribution >= 0.6 is 11.3 Å². The summed E-state index contributed by atoms with van der Waals surface area (Å²) in [4.78, 5) is 21.7. The number of amides is 1. The number of pyridine rings is 1. The molecule has 3 aromatic heterocycles. The third-order valence-corrected chi connectivity index (χ3v) is 4.73. The lowest BCUT2D eigenvalue weighted by Crippen LogP contribution is -2.31. The van der Waals surface area contributed by atoms with E-state index in [2.05, 4.69) is 20.4 Å². The Balaban J connectivity index is 1.90. The van der Waals surface area contributed by atoms with Gasteiger partial charge in [-0.05, 0) is 30.0 Å². The molecule has 7 nitrogen and oxygen atoms in total. The average molecular weight is 338 g/mol. The topological polar surface area (TPSA) is 98.7 Å². The van der Waals surface area contributed by atoms with Crippen LogP contribution in [0.3, 0.4) is 0 Å². The van der Waals surface area contributed by atoms with Crippen molar-refractivity contribution in [3.63, 3.8) is 0 Å². The van der Waals surface area contributed by atoms with Gasteiger partial charge in [-0.3, -0.25) is 9.78 Å². The molecule has 4 heterocycles. The van der Waals surface area contributed by atoms with Crippen LogP contribution in [0.25, 0.3) is 10.7 Å². The van der Waals surface area contributed by atoms with Crippen LogP contribution in [0.15, 0.2) is 53.3 Å². The lowest BCUT2D eigenvalue weighted by Gasteiger charge is -2.27. The van der Waals surface area contributed by atoms with Crippen molar-refractivity contribution in [3.05, 3.63) is 58.9 Å². The summed E-state index contributed by atoms with van der Waals surface area (Å²) >= 11 is 1.56. The number of carbonyl (C=O) groups excluding carboxylic acids is 1. The second-order valence-corrected chi connectivity index (χ2v) is 6.35. The van der Waals surface area contributed by atoms with Crippen LogP contribution in [0, 0.1) is 0 Å². The molecule has 0 unspecified atom stereocenters. The van der Waals surface area contributed by atoms with Gasteiger partial charge in [0.15, 0.2) is 5.82 Å². The summed E-state index contributed by atoms with van der Waals surface area (Å²) in [7, 11) is 0. The number of carbonyl (C=O) groups is 1. The van der Waals surface area contributed by atoms with Gasteiger partial charge in [0, 0.05) is 18.1 Å². The zero-order valence-electron chi connectivity index (χ0n) is 12.8. The van der Waals surface area contributed by atoms with Crippen molar-refractivity contribution in [2.24, 2.45) is 5.73 Å². The van der Waals surface area contributed by atoms with Crippen LogP contribution in [-0.2, 0) is 4.79 Å². The Morgan fingerprint density at radius 1 is 1.38 bits per heavy atom. The van der Waals surface area contributed by atoms with Gasteiger partial charge in [0.2, 0.25) is 11.9 Å². The third kappa shape index (κ3) is 2.28. The fraction of sp³-hybridized carbons (Fsp3) is 0.125. The van der Waals surface area contributed by atoms with Crippen molar-refractivity contribution in [1.82, 2.24) is 19.7 Å². The standard InChI is InChI=1S/C16H14N6OS/c1-9-12(14(17)23)13(10-4-2-6-18-8-10)22-16(19-9)20-15(21-22)11-5-3-7-24-11/h2-8,13H,1H3,(H2,17,23)(H,19,20,21)/t13-/m1/s1. The predicted molar refractivity (Wildman–Crippen MR) is 91.2 cm³/mol. The average Bonchev–Trinajstić information content (AvgIpc) is 3.23. The van der Waals surface area contributed by atoms with E-state index in [9.17, 15) is 4.79 Å². The maximum absolute atomic E-state index is 12.0. The Morgan fingerprint density at radius 2 is 2.25 bits per heavy atom. The van der Waals surface area contributed by atoms with Crippen LogP contribution in [-0.4, -0.2) is 25.7 Å². The van der Waals surface area contributed by atoms with Gasteiger partial charge in [-0.1, -0.05) is 12.1 Å². The second kappa shape index (κ2) is 5.57. The fourth-order valence-corrected chi connectivity index (χ4v) is 3.48. The van der Waals surface area contributed by atoms with Gasteiger partial charge in [-0.15, -0.1) is 16.4 Å². The summed E-state index contributed by atoms with van der Waals surface area (Å²) in [6, 6.07) is 7.18. The number of nitrogens with one attached hydrogen (secondary N) is 1. The summed E-state index contributed by atoms with van der Waals surface area (Å²) in [5.41, 5.74) is 7.59. The van der Waals surface area contributed by atoms with E-state index in [4.69, 9.17) is 5.73 Å². The minimum atomic E-state index is -0.493. The highest BCUT2D eigenvalue weighted by molar-refractivity contribution is 7.13. The molecular weight excluding hydrogens is 324 g/mol. The molecule has 0 bridgehead atoms. The Bertz CT molecular complexity index is 929. The summed E-state index contributed by atoms with van der Waals surface area (Å²) in [5, 5.41) is 9.70. The van der Waals surface area contributed by atoms with E-state index in [-0.39, 0.29) is 0 Å². The monoisotopic (exact) mass is 338 g/mol. The van der Waals surface area contributed by atoms with Crippen molar-refractivity contribution in [2.45, 2.75) is 13.0 Å². The molecule has 0 radical (unpaired) electrons. The molecule has 1 atom stereocenters. The molecule has 1 aliphatic rings. The Labute approximate surface area is 141 Å². The summed E-state index contributed by atoms with van der Waals surface area (Å²) in [6.45, 7) is 1.81. The SMILES string of the molecule is CC1=C(C(N)=O)[C@@H](c2cccnc2)n2nc(-c3cccs3)nc2N1. The van der Waals surface area contributed by atoms with Gasteiger partial charge in [0.25, 0.3) is 0 Å². The Hall–Kier alpha value is -3.00. The normalized spacial score (nSPS) is 16.6. The lowest BCUT2D eigenvalue weighted by atomic mass is 9.97. The molecule has 4 rings (SSSR count). The molecule has 0 aliphatic carbocycles. The summed E-state index contributed by atoms with van der Waals surface area (Å²) < 4.78 is 1.69. The van der Waals surface area contributed by atoms with Crippen molar-refractivity contribution in [1.29, 1.82) is 0 Å². The lowest BCUT2D eigenvalue weighted by molar-refractivity contribution is -0.115. The number of aromatic nitrogens is 4. The van der Waals surface area contributed by atoms with Crippen LogP contribution in [0.5, 0.6) is 0 Å². The van der Waals surface area contributed by atoms with Gasteiger partial charge >= 0.3 is 0 Å². The quantitative estimate of drug-likeness (QED) is 0.762. The van der Waals surface area contributed by atoms with E-state index < -0.39 is 11.9 Å². The first kappa shape index (κ1) is 14.6. The number of allylic oxidation sites excluding steroid dienone is 1. The van der Waals surface area contributed by atoms with Gasteiger partial charge < -0.3 is 11.1 Å². The molecule has 0 fully saturated rings. The van der Waals surface area contributed by atoms with Crippen LogP contribution < -0.4 is 11.1 Å². The first-order chi connectivity index (χ1) is 11.6. The summed E-state index contributed by atoms with van der Waals surface area (Å²) in [5.74, 6) is 0.697. The third-order valence-electron chi connectivity index (χ3n) is 3.86. The number of nitrogens with zero attached hydrogens (tertiary/aromatic N) is 4. The van der Waals surface area contributed by atoms with E-state index in [0.29, 0.717) is 23.0 Å². The Kier molecular flexibility index (Phi) is 3.39. The molecule has 1 aliphatic heterocycles. The smallest absolute Gasteiger partial charge is 0.248 e. The number of primary amides is 1. The molecule has 8 heteroatoms. The highest BCUT2D eigenvalue weighted by Crippen LogP contribution is 2.36. The van der Waals surface area contributed by atoms with Gasteiger partial charge in [0.1, 0.15) is 6.04 Å². The highest BCUT2D eigenvalue weighted by Gasteiger charge is 2.33. The maximum Gasteiger partial charge on any atom is 0.248 e. The van der Waals surface area contributed by atoms with Gasteiger partial charge in [-0.25, -0.2) is 4.68 Å². The van der Waals surface area contributed by atoms with E-state index >= 15 is 0 Å². The van der Waals surface area contributed by atoms with E-state index in [1.807, 2.05) is 36.6 Å². The molecule has 24 heavy (non-hydrogen) atoms. The highest BCUT2D eigenvalue weighted by atomic mass is 32.1. The largest absolute Gasteiger partial charge is 0.366 e. The molecule has 120 valence electrons. The Morgan fingerprint density at radius 3 is 2.92 bits per heavy atom. The number of rotatable bonds is 3. The molecule has 1 amide bonds. The van der Waals surface area contributed by atoms with E-state index in [1.54, 1.807) is 28.4 Å². The van der Waals surface area contributed by atoms with Gasteiger partial charge in [0.05, 0.1) is 10.5 Å². The number of thiophene rings is 1. The maximum atomic E-state index is 12.0. The number of anilines is 1. The summed E-state index contributed by atoms with van der Waals surface area (Å²) in [6.07, 6.45) is 3.40. The minimum absolute atomic E-state index is 0.450. The molecule has 3 N–H and O–H groups in total. The number of hydrogen-bond donors (Lipinski definition) is 2. The van der Waals surface area contributed by atoms with E-state index in [0.717, 1.165) is 10.4 Å². The predicted octanol–water partition coefficient (Wildman–Crippen LogP) is 2.18. The van der Waals surface area contributed by atoms with Crippen molar-refractivity contribution >= 4 is 23.2 Å². The van der Waals surface area contributed by atoms with Crippen molar-refractivity contribution in [2.75, 3.05) is 5.32 Å². The minimum Gasteiger partial charge on any atom is -0.366 e. The molecule has 0 aromatic carbocycles.